The van der Waals surface area contributed by atoms with Crippen molar-refractivity contribution in [2.75, 3.05) is 6.61 Å². The number of pyridine rings is 1. The lowest BCUT2D eigenvalue weighted by Gasteiger charge is -2.15. The minimum absolute atomic E-state index is 0.328. The van der Waals surface area contributed by atoms with Crippen molar-refractivity contribution in [1.82, 2.24) is 9.55 Å². The monoisotopic (exact) mass is 344 g/mol. The van der Waals surface area contributed by atoms with Gasteiger partial charge in [-0.3, -0.25) is 0 Å². The van der Waals surface area contributed by atoms with Gasteiger partial charge in [-0.2, -0.15) is 0 Å². The van der Waals surface area contributed by atoms with Crippen molar-refractivity contribution in [2.45, 2.75) is 32.4 Å². The van der Waals surface area contributed by atoms with E-state index in [0.717, 1.165) is 28.2 Å². The third-order valence-electron chi connectivity index (χ3n) is 2.86. The third kappa shape index (κ3) is 3.87. The third-order valence-corrected chi connectivity index (χ3v) is 5.19. The van der Waals surface area contributed by atoms with Crippen molar-refractivity contribution in [3.05, 3.63) is 28.7 Å². The molecular formula is C13H18BrFN2OSi. The van der Waals surface area contributed by atoms with Gasteiger partial charge in [0.1, 0.15) is 18.2 Å². The molecule has 0 aromatic carbocycles. The van der Waals surface area contributed by atoms with Crippen LogP contribution in [0.15, 0.2) is 22.9 Å². The molecule has 2 heterocycles. The molecule has 0 aliphatic carbocycles. The van der Waals surface area contributed by atoms with E-state index in [-0.39, 0.29) is 5.82 Å². The molecule has 2 aromatic rings. The van der Waals surface area contributed by atoms with Gasteiger partial charge < -0.3 is 9.30 Å². The Hall–Kier alpha value is -0.723. The lowest BCUT2D eigenvalue weighted by molar-refractivity contribution is 0.0898. The Labute approximate surface area is 121 Å². The minimum Gasteiger partial charge on any atom is -0.361 e. The van der Waals surface area contributed by atoms with Crippen molar-refractivity contribution < 1.29 is 9.13 Å². The highest BCUT2D eigenvalue weighted by atomic mass is 79.9. The number of nitrogens with zero attached hydrogens (tertiary/aromatic N) is 2. The van der Waals surface area contributed by atoms with Crippen LogP contribution < -0.4 is 0 Å². The predicted molar refractivity (Wildman–Crippen MR) is 81.5 cm³/mol. The van der Waals surface area contributed by atoms with E-state index in [9.17, 15) is 4.39 Å². The normalized spacial score (nSPS) is 12.3. The van der Waals surface area contributed by atoms with Crippen LogP contribution in [0.1, 0.15) is 0 Å². The fourth-order valence-electron chi connectivity index (χ4n) is 1.74. The molecular weight excluding hydrogens is 327 g/mol. The largest absolute Gasteiger partial charge is 0.361 e. The van der Waals surface area contributed by atoms with Crippen LogP contribution >= 0.6 is 15.9 Å². The second-order valence-electron chi connectivity index (χ2n) is 5.82. The molecule has 0 N–H and O–H groups in total. The standard InChI is InChI=1S/C13H18BrFN2OSi/c1-19(2,3)5-4-18-9-17-8-12(14)11-6-10(15)7-16-13(11)17/h6-8H,4-5,9H2,1-3H3. The Morgan fingerprint density at radius 1 is 1.42 bits per heavy atom. The number of ether oxygens (including phenoxy) is 1. The van der Waals surface area contributed by atoms with Crippen molar-refractivity contribution >= 4 is 35.0 Å². The lowest BCUT2D eigenvalue weighted by atomic mass is 10.3. The van der Waals surface area contributed by atoms with E-state index in [4.69, 9.17) is 4.74 Å². The summed E-state index contributed by atoms with van der Waals surface area (Å²) in [6.45, 7) is 8.17. The summed E-state index contributed by atoms with van der Waals surface area (Å²) >= 11 is 3.42. The smallest absolute Gasteiger partial charge is 0.143 e. The van der Waals surface area contributed by atoms with E-state index in [2.05, 4.69) is 40.6 Å². The maximum atomic E-state index is 13.1. The summed E-state index contributed by atoms with van der Waals surface area (Å²) in [7, 11) is -1.06. The van der Waals surface area contributed by atoms with Crippen LogP contribution in [-0.4, -0.2) is 24.2 Å². The zero-order valence-electron chi connectivity index (χ0n) is 11.4. The van der Waals surface area contributed by atoms with Crippen LogP contribution in [0.5, 0.6) is 0 Å². The first-order chi connectivity index (χ1) is 8.87. The highest BCUT2D eigenvalue weighted by Crippen LogP contribution is 2.25. The molecule has 2 aromatic heterocycles. The summed E-state index contributed by atoms with van der Waals surface area (Å²) in [5, 5.41) is 0.772. The predicted octanol–water partition coefficient (Wildman–Crippen LogP) is 4.25. The Bertz CT molecular complexity index is 580. The van der Waals surface area contributed by atoms with Gasteiger partial charge in [0.25, 0.3) is 0 Å². The maximum absolute atomic E-state index is 13.1. The van der Waals surface area contributed by atoms with Crippen LogP contribution in [0.3, 0.4) is 0 Å². The van der Waals surface area contributed by atoms with Crippen LogP contribution in [0.4, 0.5) is 4.39 Å². The average molecular weight is 345 g/mol. The summed E-state index contributed by atoms with van der Waals surface area (Å²) in [4.78, 5) is 4.12. The van der Waals surface area contributed by atoms with Crippen LogP contribution in [0, 0.1) is 5.82 Å². The van der Waals surface area contributed by atoms with Gasteiger partial charge in [-0.15, -0.1) is 0 Å². The molecule has 2 rings (SSSR count). The first-order valence-electron chi connectivity index (χ1n) is 6.24. The Balaban J connectivity index is 2.05. The van der Waals surface area contributed by atoms with Crippen LogP contribution in [0.25, 0.3) is 11.0 Å². The van der Waals surface area contributed by atoms with Crippen molar-refractivity contribution in [1.29, 1.82) is 0 Å². The van der Waals surface area contributed by atoms with Crippen LogP contribution in [-0.2, 0) is 11.5 Å². The van der Waals surface area contributed by atoms with Crippen LogP contribution in [0.2, 0.25) is 25.7 Å². The van der Waals surface area contributed by atoms with Gasteiger partial charge in [-0.1, -0.05) is 19.6 Å². The van der Waals surface area contributed by atoms with E-state index in [1.165, 1.54) is 12.3 Å². The quantitative estimate of drug-likeness (QED) is 0.598. The average Bonchev–Trinajstić information content (AvgIpc) is 2.60. The fraction of sp³-hybridized carbons (Fsp3) is 0.462. The summed E-state index contributed by atoms with van der Waals surface area (Å²) in [6.07, 6.45) is 3.11. The second-order valence-corrected chi connectivity index (χ2v) is 12.3. The highest BCUT2D eigenvalue weighted by Gasteiger charge is 2.13. The van der Waals surface area contributed by atoms with Gasteiger partial charge in [0.05, 0.1) is 6.20 Å². The Morgan fingerprint density at radius 2 is 2.16 bits per heavy atom. The zero-order valence-corrected chi connectivity index (χ0v) is 14.0. The van der Waals surface area contributed by atoms with Gasteiger partial charge in [0.2, 0.25) is 0 Å². The number of halogens is 2. The molecule has 0 saturated carbocycles. The zero-order chi connectivity index (χ0) is 14.0. The fourth-order valence-corrected chi connectivity index (χ4v) is 3.04. The first-order valence-corrected chi connectivity index (χ1v) is 10.7. The number of hydrogen-bond donors (Lipinski definition) is 0. The van der Waals surface area contributed by atoms with E-state index in [1.807, 2.05) is 10.8 Å². The molecule has 0 aliphatic heterocycles. The van der Waals surface area contributed by atoms with E-state index >= 15 is 0 Å². The van der Waals surface area contributed by atoms with E-state index in [0.29, 0.717) is 6.73 Å². The minimum atomic E-state index is -1.06. The molecule has 19 heavy (non-hydrogen) atoms. The maximum Gasteiger partial charge on any atom is 0.143 e. The molecule has 0 spiro atoms. The molecule has 104 valence electrons. The van der Waals surface area contributed by atoms with Gasteiger partial charge in [0.15, 0.2) is 0 Å². The number of fused-ring (bicyclic) bond motifs is 1. The number of aromatic nitrogens is 2. The summed E-state index contributed by atoms with van der Waals surface area (Å²) in [5.41, 5.74) is 0.737. The van der Waals surface area contributed by atoms with Crippen molar-refractivity contribution in [3.63, 3.8) is 0 Å². The molecule has 0 aliphatic rings. The van der Waals surface area contributed by atoms with E-state index < -0.39 is 8.07 Å². The molecule has 0 atom stereocenters. The summed E-state index contributed by atoms with van der Waals surface area (Å²) in [5.74, 6) is -0.328. The molecule has 0 radical (unpaired) electrons. The highest BCUT2D eigenvalue weighted by molar-refractivity contribution is 9.10. The van der Waals surface area contributed by atoms with Gasteiger partial charge in [-0.25, -0.2) is 9.37 Å². The SMILES string of the molecule is C[Si](C)(C)CCOCn1cc(Br)c2cc(F)cnc21. The van der Waals surface area contributed by atoms with Crippen molar-refractivity contribution in [2.24, 2.45) is 0 Å². The molecule has 0 fully saturated rings. The van der Waals surface area contributed by atoms with Gasteiger partial charge in [-0.05, 0) is 28.0 Å². The molecule has 6 heteroatoms. The molecule has 3 nitrogen and oxygen atoms in total. The van der Waals surface area contributed by atoms with E-state index in [1.54, 1.807) is 0 Å². The second kappa shape index (κ2) is 5.72. The lowest BCUT2D eigenvalue weighted by Crippen LogP contribution is -2.22. The topological polar surface area (TPSA) is 27.1 Å². The van der Waals surface area contributed by atoms with Crippen molar-refractivity contribution in [3.8, 4) is 0 Å². The molecule has 0 bridgehead atoms. The van der Waals surface area contributed by atoms with Gasteiger partial charge in [0, 0.05) is 30.7 Å². The molecule has 0 amide bonds. The summed E-state index contributed by atoms with van der Waals surface area (Å²) in [6, 6.07) is 2.61. The Kier molecular flexibility index (Phi) is 4.42. The summed E-state index contributed by atoms with van der Waals surface area (Å²) < 4.78 is 21.6. The first kappa shape index (κ1) is 14.7. The molecule has 0 unspecified atom stereocenters. The molecule has 0 saturated heterocycles. The number of rotatable bonds is 5. The number of hydrogen-bond acceptors (Lipinski definition) is 2. The Morgan fingerprint density at radius 3 is 2.84 bits per heavy atom. The van der Waals surface area contributed by atoms with Gasteiger partial charge >= 0.3 is 0 Å².